The standard InChI is InChI=1S/C12H12FNO.ClH/c13-11-5-3-10(4-6-11)8-14-9-12-2-1-7-15-12;/h1-7,14H,8-9H2;1H. The molecule has 86 valence electrons. The van der Waals surface area contributed by atoms with Gasteiger partial charge in [0.05, 0.1) is 12.8 Å². The van der Waals surface area contributed by atoms with Gasteiger partial charge < -0.3 is 9.73 Å². The van der Waals surface area contributed by atoms with Crippen LogP contribution in [0.1, 0.15) is 11.3 Å². The van der Waals surface area contributed by atoms with Crippen LogP contribution in [0, 0.1) is 5.82 Å². The summed E-state index contributed by atoms with van der Waals surface area (Å²) < 4.78 is 17.8. The monoisotopic (exact) mass is 241 g/mol. The van der Waals surface area contributed by atoms with Crippen LogP contribution in [0.25, 0.3) is 0 Å². The van der Waals surface area contributed by atoms with E-state index in [1.165, 1.54) is 12.1 Å². The molecule has 16 heavy (non-hydrogen) atoms. The van der Waals surface area contributed by atoms with Crippen molar-refractivity contribution in [1.82, 2.24) is 5.32 Å². The zero-order valence-corrected chi connectivity index (χ0v) is 9.47. The number of halogens is 2. The van der Waals surface area contributed by atoms with Gasteiger partial charge in [0, 0.05) is 6.54 Å². The average Bonchev–Trinajstić information content (AvgIpc) is 2.74. The number of furan rings is 1. The fourth-order valence-corrected chi connectivity index (χ4v) is 1.35. The van der Waals surface area contributed by atoms with Gasteiger partial charge in [-0.15, -0.1) is 12.4 Å². The molecule has 1 heterocycles. The molecule has 0 saturated carbocycles. The lowest BCUT2D eigenvalue weighted by molar-refractivity contribution is 0.483. The Kier molecular flexibility index (Phi) is 5.02. The minimum Gasteiger partial charge on any atom is -0.468 e. The van der Waals surface area contributed by atoms with Crippen LogP contribution in [0.3, 0.4) is 0 Å². The SMILES string of the molecule is Cl.Fc1ccc(CNCc2ccco2)cc1. The van der Waals surface area contributed by atoms with E-state index in [1.807, 2.05) is 12.1 Å². The molecule has 2 aromatic rings. The number of hydrogen-bond donors (Lipinski definition) is 1. The highest BCUT2D eigenvalue weighted by Gasteiger charge is 1.96. The van der Waals surface area contributed by atoms with E-state index in [-0.39, 0.29) is 18.2 Å². The third kappa shape index (κ3) is 3.68. The van der Waals surface area contributed by atoms with Crippen LogP contribution in [0.5, 0.6) is 0 Å². The highest BCUT2D eigenvalue weighted by atomic mass is 35.5. The predicted molar refractivity (Wildman–Crippen MR) is 62.9 cm³/mol. The smallest absolute Gasteiger partial charge is 0.123 e. The predicted octanol–water partition coefficient (Wildman–Crippen LogP) is 3.13. The molecule has 0 aliphatic carbocycles. The van der Waals surface area contributed by atoms with Crippen molar-refractivity contribution in [2.45, 2.75) is 13.1 Å². The molecule has 0 unspecified atom stereocenters. The highest BCUT2D eigenvalue weighted by Crippen LogP contribution is 2.03. The fourth-order valence-electron chi connectivity index (χ4n) is 1.35. The summed E-state index contributed by atoms with van der Waals surface area (Å²) >= 11 is 0. The van der Waals surface area contributed by atoms with Crippen molar-refractivity contribution < 1.29 is 8.81 Å². The van der Waals surface area contributed by atoms with Crippen molar-refractivity contribution >= 4 is 12.4 Å². The second-order valence-corrected chi connectivity index (χ2v) is 3.31. The maximum Gasteiger partial charge on any atom is 0.123 e. The Morgan fingerprint density at radius 1 is 1.06 bits per heavy atom. The van der Waals surface area contributed by atoms with Crippen molar-refractivity contribution in [3.8, 4) is 0 Å². The first-order chi connectivity index (χ1) is 7.34. The molecule has 0 radical (unpaired) electrons. The molecule has 0 fully saturated rings. The van der Waals surface area contributed by atoms with Crippen LogP contribution < -0.4 is 5.32 Å². The van der Waals surface area contributed by atoms with E-state index < -0.39 is 0 Å². The third-order valence-corrected chi connectivity index (χ3v) is 2.12. The summed E-state index contributed by atoms with van der Waals surface area (Å²) in [6.07, 6.45) is 1.65. The van der Waals surface area contributed by atoms with E-state index in [9.17, 15) is 4.39 Å². The van der Waals surface area contributed by atoms with Crippen LogP contribution in [0.4, 0.5) is 4.39 Å². The van der Waals surface area contributed by atoms with Crippen LogP contribution in [0.15, 0.2) is 47.1 Å². The Labute approximate surface area is 99.9 Å². The number of rotatable bonds is 4. The molecule has 0 saturated heterocycles. The molecule has 0 bridgehead atoms. The van der Waals surface area contributed by atoms with E-state index in [0.717, 1.165) is 11.3 Å². The second kappa shape index (κ2) is 6.30. The van der Waals surface area contributed by atoms with Crippen LogP contribution in [-0.4, -0.2) is 0 Å². The molecule has 0 aliphatic rings. The molecule has 0 aliphatic heterocycles. The summed E-state index contributed by atoms with van der Waals surface area (Å²) in [5.74, 6) is 0.696. The molecule has 1 aromatic carbocycles. The largest absolute Gasteiger partial charge is 0.468 e. The zero-order valence-electron chi connectivity index (χ0n) is 8.65. The average molecular weight is 242 g/mol. The van der Waals surface area contributed by atoms with Gasteiger partial charge in [0.1, 0.15) is 11.6 Å². The molecule has 4 heteroatoms. The van der Waals surface area contributed by atoms with Crippen molar-refractivity contribution in [3.05, 3.63) is 59.8 Å². The van der Waals surface area contributed by atoms with Crippen molar-refractivity contribution in [2.24, 2.45) is 0 Å². The fraction of sp³-hybridized carbons (Fsp3) is 0.167. The van der Waals surface area contributed by atoms with Gasteiger partial charge in [-0.2, -0.15) is 0 Å². The van der Waals surface area contributed by atoms with Gasteiger partial charge in [-0.05, 0) is 29.8 Å². The first-order valence-corrected chi connectivity index (χ1v) is 4.82. The molecule has 1 N–H and O–H groups in total. The Balaban J connectivity index is 0.00000128. The van der Waals surface area contributed by atoms with Gasteiger partial charge in [-0.1, -0.05) is 12.1 Å². The molecule has 0 atom stereocenters. The number of nitrogens with one attached hydrogen (secondary N) is 1. The lowest BCUT2D eigenvalue weighted by atomic mass is 10.2. The topological polar surface area (TPSA) is 25.2 Å². The van der Waals surface area contributed by atoms with Crippen molar-refractivity contribution in [2.75, 3.05) is 0 Å². The first-order valence-electron chi connectivity index (χ1n) is 4.82. The number of hydrogen-bond acceptors (Lipinski definition) is 2. The summed E-state index contributed by atoms with van der Waals surface area (Å²) in [7, 11) is 0. The lowest BCUT2D eigenvalue weighted by Crippen LogP contribution is -2.11. The molecule has 1 aromatic heterocycles. The zero-order chi connectivity index (χ0) is 10.5. The van der Waals surface area contributed by atoms with Crippen LogP contribution in [-0.2, 0) is 13.1 Å². The quantitative estimate of drug-likeness (QED) is 0.890. The van der Waals surface area contributed by atoms with E-state index in [1.54, 1.807) is 18.4 Å². The van der Waals surface area contributed by atoms with Gasteiger partial charge in [-0.3, -0.25) is 0 Å². The maximum absolute atomic E-state index is 12.6. The van der Waals surface area contributed by atoms with E-state index >= 15 is 0 Å². The summed E-state index contributed by atoms with van der Waals surface area (Å²) in [6, 6.07) is 10.2. The Morgan fingerprint density at radius 2 is 1.81 bits per heavy atom. The second-order valence-electron chi connectivity index (χ2n) is 3.31. The molecular formula is C12H13ClFNO. The lowest BCUT2D eigenvalue weighted by Gasteiger charge is -2.02. The summed E-state index contributed by atoms with van der Waals surface area (Å²) in [4.78, 5) is 0. The minimum absolute atomic E-state index is 0. The molecule has 2 rings (SSSR count). The molecular weight excluding hydrogens is 229 g/mol. The van der Waals surface area contributed by atoms with Crippen molar-refractivity contribution in [1.29, 1.82) is 0 Å². The van der Waals surface area contributed by atoms with Gasteiger partial charge in [0.25, 0.3) is 0 Å². The Morgan fingerprint density at radius 3 is 2.44 bits per heavy atom. The van der Waals surface area contributed by atoms with Gasteiger partial charge >= 0.3 is 0 Å². The van der Waals surface area contributed by atoms with Crippen LogP contribution in [0.2, 0.25) is 0 Å². The maximum atomic E-state index is 12.6. The number of benzene rings is 1. The molecule has 2 nitrogen and oxygen atoms in total. The first kappa shape index (κ1) is 12.7. The normalized spacial score (nSPS) is 9.81. The van der Waals surface area contributed by atoms with E-state index in [4.69, 9.17) is 4.42 Å². The minimum atomic E-state index is -0.204. The Bertz CT molecular complexity index is 399. The summed E-state index contributed by atoms with van der Waals surface area (Å²) in [6.45, 7) is 1.39. The summed E-state index contributed by atoms with van der Waals surface area (Å²) in [5.41, 5.74) is 1.06. The Hall–Kier alpha value is -1.32. The van der Waals surface area contributed by atoms with E-state index in [2.05, 4.69) is 5.32 Å². The van der Waals surface area contributed by atoms with Crippen molar-refractivity contribution in [3.63, 3.8) is 0 Å². The highest BCUT2D eigenvalue weighted by molar-refractivity contribution is 5.85. The molecule has 0 amide bonds. The third-order valence-electron chi connectivity index (χ3n) is 2.12. The van der Waals surface area contributed by atoms with Gasteiger partial charge in [-0.25, -0.2) is 4.39 Å². The van der Waals surface area contributed by atoms with Gasteiger partial charge in [0.2, 0.25) is 0 Å². The van der Waals surface area contributed by atoms with Gasteiger partial charge in [0.15, 0.2) is 0 Å². The van der Waals surface area contributed by atoms with E-state index in [0.29, 0.717) is 13.1 Å². The van der Waals surface area contributed by atoms with Crippen LogP contribution >= 0.6 is 12.4 Å². The summed E-state index contributed by atoms with van der Waals surface area (Å²) in [5, 5.41) is 3.21. The molecule has 0 spiro atoms.